The fourth-order valence-corrected chi connectivity index (χ4v) is 1.98. The molecule has 24 heavy (non-hydrogen) atoms. The minimum atomic E-state index is -1.34. The van der Waals surface area contributed by atoms with Gasteiger partial charge >= 0.3 is 12.1 Å². The molecule has 8 nitrogen and oxygen atoms in total. The Hall–Kier alpha value is -2.64. The first kappa shape index (κ1) is 19.4. The topological polar surface area (TPSA) is 103 Å². The van der Waals surface area contributed by atoms with E-state index in [9.17, 15) is 14.7 Å². The van der Waals surface area contributed by atoms with E-state index in [4.69, 9.17) is 18.9 Å². The summed E-state index contributed by atoms with van der Waals surface area (Å²) in [6, 6.07) is 1.57. The van der Waals surface area contributed by atoms with Crippen LogP contribution in [0.3, 0.4) is 0 Å². The van der Waals surface area contributed by atoms with E-state index in [2.05, 4.69) is 5.32 Å². The molecule has 0 unspecified atom stereocenters. The zero-order chi connectivity index (χ0) is 18.5. The maximum Gasteiger partial charge on any atom is 0.408 e. The van der Waals surface area contributed by atoms with Gasteiger partial charge in [-0.25, -0.2) is 9.59 Å². The number of carboxylic acids is 1. The number of alkyl carbamates (subject to hydrolysis) is 1. The quantitative estimate of drug-likeness (QED) is 0.818. The number of aliphatic carboxylic acids is 1. The first-order valence-corrected chi connectivity index (χ1v) is 7.15. The van der Waals surface area contributed by atoms with Gasteiger partial charge in [-0.15, -0.1) is 0 Å². The summed E-state index contributed by atoms with van der Waals surface area (Å²) >= 11 is 0. The molecule has 0 aromatic heterocycles. The lowest BCUT2D eigenvalue weighted by Crippen LogP contribution is -2.38. The monoisotopic (exact) mass is 341 g/mol. The second kappa shape index (κ2) is 7.76. The summed E-state index contributed by atoms with van der Waals surface area (Å²) in [5, 5.41) is 11.8. The van der Waals surface area contributed by atoms with Crippen molar-refractivity contribution in [3.63, 3.8) is 0 Å². The van der Waals surface area contributed by atoms with Crippen LogP contribution in [-0.2, 0) is 9.53 Å². The van der Waals surface area contributed by atoms with Gasteiger partial charge in [-0.3, -0.25) is 0 Å². The number of amides is 1. The molecule has 1 rings (SSSR count). The highest BCUT2D eigenvalue weighted by molar-refractivity contribution is 5.82. The van der Waals surface area contributed by atoms with Crippen LogP contribution in [-0.4, -0.2) is 44.1 Å². The Morgan fingerprint density at radius 3 is 1.88 bits per heavy atom. The van der Waals surface area contributed by atoms with Gasteiger partial charge in [0.25, 0.3) is 0 Å². The zero-order valence-corrected chi connectivity index (χ0v) is 14.6. The van der Waals surface area contributed by atoms with Crippen LogP contribution < -0.4 is 19.5 Å². The number of carbonyl (C=O) groups excluding carboxylic acids is 1. The van der Waals surface area contributed by atoms with Crippen molar-refractivity contribution >= 4 is 12.1 Å². The maximum atomic E-state index is 11.9. The van der Waals surface area contributed by atoms with E-state index in [1.807, 2.05) is 0 Å². The average molecular weight is 341 g/mol. The van der Waals surface area contributed by atoms with Gasteiger partial charge in [0.15, 0.2) is 17.5 Å². The molecular weight excluding hydrogens is 318 g/mol. The molecule has 0 aliphatic rings. The third-order valence-electron chi connectivity index (χ3n) is 2.93. The van der Waals surface area contributed by atoms with Gasteiger partial charge in [-0.2, -0.15) is 0 Å². The highest BCUT2D eigenvalue weighted by Gasteiger charge is 2.27. The highest BCUT2D eigenvalue weighted by atomic mass is 16.6. The minimum Gasteiger partial charge on any atom is -0.493 e. The van der Waals surface area contributed by atoms with Gasteiger partial charge in [0, 0.05) is 0 Å². The van der Waals surface area contributed by atoms with Gasteiger partial charge in [-0.1, -0.05) is 0 Å². The number of nitrogens with one attached hydrogen (secondary N) is 1. The lowest BCUT2D eigenvalue weighted by atomic mass is 10.1. The molecule has 8 heteroatoms. The molecule has 0 saturated carbocycles. The molecule has 0 aliphatic carbocycles. The summed E-state index contributed by atoms with van der Waals surface area (Å²) in [5.41, 5.74) is -0.495. The molecule has 0 radical (unpaired) electrons. The first-order chi connectivity index (χ1) is 11.1. The van der Waals surface area contributed by atoms with Crippen LogP contribution in [0.15, 0.2) is 12.1 Å². The number of carboxylic acid groups (broad SMARTS) is 1. The molecular formula is C16H23NO7. The lowest BCUT2D eigenvalue weighted by Gasteiger charge is -2.23. The van der Waals surface area contributed by atoms with Crippen molar-refractivity contribution in [1.29, 1.82) is 0 Å². The van der Waals surface area contributed by atoms with Crippen molar-refractivity contribution in [3.05, 3.63) is 17.7 Å². The number of methoxy groups -OCH3 is 3. The minimum absolute atomic E-state index is 0.253. The predicted octanol–water partition coefficient (Wildman–Crippen LogP) is 2.36. The fourth-order valence-electron chi connectivity index (χ4n) is 1.98. The molecule has 0 aliphatic heterocycles. The Kier molecular flexibility index (Phi) is 6.27. The largest absolute Gasteiger partial charge is 0.493 e. The van der Waals surface area contributed by atoms with Crippen molar-refractivity contribution < 1.29 is 33.6 Å². The van der Waals surface area contributed by atoms with Gasteiger partial charge in [0.1, 0.15) is 5.60 Å². The maximum absolute atomic E-state index is 11.9. The van der Waals surface area contributed by atoms with E-state index in [1.165, 1.54) is 33.5 Å². The Morgan fingerprint density at radius 2 is 1.54 bits per heavy atom. The molecule has 1 atom stereocenters. The number of rotatable bonds is 6. The van der Waals surface area contributed by atoms with Crippen molar-refractivity contribution in [3.8, 4) is 17.2 Å². The van der Waals surface area contributed by atoms with Gasteiger partial charge < -0.3 is 29.4 Å². The molecule has 134 valence electrons. The van der Waals surface area contributed by atoms with Crippen molar-refractivity contribution in [1.82, 2.24) is 5.32 Å². The molecule has 0 saturated heterocycles. The second-order valence-electron chi connectivity index (χ2n) is 5.88. The Balaban J connectivity index is 3.21. The number of hydrogen-bond donors (Lipinski definition) is 2. The fraction of sp³-hybridized carbons (Fsp3) is 0.500. The zero-order valence-electron chi connectivity index (χ0n) is 14.6. The number of benzene rings is 1. The molecule has 1 aromatic carbocycles. The van der Waals surface area contributed by atoms with Crippen LogP contribution in [0.25, 0.3) is 0 Å². The number of ether oxygens (including phenoxy) is 4. The molecule has 2 N–H and O–H groups in total. The Labute approximate surface area is 140 Å². The van der Waals surface area contributed by atoms with Crippen LogP contribution in [0.4, 0.5) is 4.79 Å². The van der Waals surface area contributed by atoms with Gasteiger partial charge in [-0.05, 0) is 38.5 Å². The average Bonchev–Trinajstić information content (AvgIpc) is 2.49. The van der Waals surface area contributed by atoms with Crippen LogP contribution in [0.2, 0.25) is 0 Å². The van der Waals surface area contributed by atoms with Crippen LogP contribution in [0, 0.1) is 0 Å². The van der Waals surface area contributed by atoms with E-state index in [-0.39, 0.29) is 17.1 Å². The second-order valence-corrected chi connectivity index (χ2v) is 5.88. The third-order valence-corrected chi connectivity index (χ3v) is 2.93. The van der Waals surface area contributed by atoms with Crippen molar-refractivity contribution in [2.45, 2.75) is 32.4 Å². The molecule has 1 aromatic rings. The predicted molar refractivity (Wildman–Crippen MR) is 85.8 cm³/mol. The standard InChI is InChI=1S/C16H23NO7/c1-16(2,3)24-15(20)17-12(14(18)19)9-7-10(21-4)13(23-6)11(8-9)22-5/h7-8,12H,1-6H3,(H,17,20)(H,18,19)/t12-/m0/s1. The summed E-state index contributed by atoms with van der Waals surface area (Å²) in [7, 11) is 4.27. The Morgan fingerprint density at radius 1 is 1.04 bits per heavy atom. The van der Waals surface area contributed by atoms with Crippen LogP contribution in [0.1, 0.15) is 32.4 Å². The van der Waals surface area contributed by atoms with E-state index in [0.717, 1.165) is 0 Å². The summed E-state index contributed by atoms with van der Waals surface area (Å²) in [6.45, 7) is 5.05. The summed E-state index contributed by atoms with van der Waals surface area (Å²) in [4.78, 5) is 23.5. The normalized spacial score (nSPS) is 12.1. The third kappa shape index (κ3) is 4.94. The summed E-state index contributed by atoms with van der Waals surface area (Å²) in [6.07, 6.45) is -0.844. The molecule has 0 bridgehead atoms. The number of hydrogen-bond acceptors (Lipinski definition) is 6. The molecule has 0 fully saturated rings. The van der Waals surface area contributed by atoms with Crippen molar-refractivity contribution in [2.75, 3.05) is 21.3 Å². The van der Waals surface area contributed by atoms with Gasteiger partial charge in [0.05, 0.1) is 21.3 Å². The van der Waals surface area contributed by atoms with E-state index < -0.39 is 23.7 Å². The smallest absolute Gasteiger partial charge is 0.408 e. The highest BCUT2D eigenvalue weighted by Crippen LogP contribution is 2.39. The SMILES string of the molecule is COc1cc([C@H](NC(=O)OC(C)(C)C)C(=O)O)cc(OC)c1OC. The summed E-state index contributed by atoms with van der Waals surface area (Å²) < 4.78 is 20.7. The number of carbonyl (C=O) groups is 2. The molecule has 0 spiro atoms. The van der Waals surface area contributed by atoms with E-state index in [1.54, 1.807) is 20.8 Å². The summed E-state index contributed by atoms with van der Waals surface area (Å²) in [5.74, 6) is -0.367. The first-order valence-electron chi connectivity index (χ1n) is 7.15. The van der Waals surface area contributed by atoms with Crippen molar-refractivity contribution in [2.24, 2.45) is 0 Å². The molecule has 1 amide bonds. The van der Waals surface area contributed by atoms with Gasteiger partial charge in [0.2, 0.25) is 5.75 Å². The molecule has 0 heterocycles. The van der Waals surface area contributed by atoms with Crippen LogP contribution in [0.5, 0.6) is 17.2 Å². The van der Waals surface area contributed by atoms with E-state index in [0.29, 0.717) is 5.75 Å². The Bertz CT molecular complexity index is 582. The lowest BCUT2D eigenvalue weighted by molar-refractivity contribution is -0.139. The van der Waals surface area contributed by atoms with E-state index >= 15 is 0 Å². The van der Waals surface area contributed by atoms with Crippen LogP contribution >= 0.6 is 0 Å².